The Labute approximate surface area is 145 Å². The van der Waals surface area contributed by atoms with Crippen molar-refractivity contribution in [2.45, 2.75) is 12.5 Å². The molecule has 0 bridgehead atoms. The fourth-order valence-corrected chi connectivity index (χ4v) is 3.10. The van der Waals surface area contributed by atoms with Gasteiger partial charge in [0.2, 0.25) is 11.8 Å². The van der Waals surface area contributed by atoms with Crippen LogP contribution in [0.3, 0.4) is 0 Å². The monoisotopic (exact) mass is 331 g/mol. The molecular weight excluding hydrogens is 314 g/mol. The number of anilines is 3. The number of carbonyl (C=O) groups excluding carboxylic acids is 2. The molecule has 3 aromatic carbocycles. The van der Waals surface area contributed by atoms with Gasteiger partial charge in [-0.05, 0) is 29.7 Å². The van der Waals surface area contributed by atoms with Crippen LogP contribution in [-0.4, -0.2) is 17.9 Å². The number of para-hydroxylation sites is 1. The van der Waals surface area contributed by atoms with Crippen LogP contribution < -0.4 is 16.0 Å². The minimum atomic E-state index is -0.637. The molecule has 0 unspecified atom stereocenters. The van der Waals surface area contributed by atoms with Crippen LogP contribution in [0, 0.1) is 0 Å². The highest BCUT2D eigenvalue weighted by Gasteiger charge is 2.26. The second kappa shape index (κ2) is 6.28. The molecule has 2 amide bonds. The first-order valence-corrected chi connectivity index (χ1v) is 8.15. The van der Waals surface area contributed by atoms with Gasteiger partial charge in [0.15, 0.2) is 0 Å². The predicted molar refractivity (Wildman–Crippen MR) is 99.7 cm³/mol. The summed E-state index contributed by atoms with van der Waals surface area (Å²) >= 11 is 0. The van der Waals surface area contributed by atoms with E-state index in [0.29, 0.717) is 5.69 Å². The molecule has 0 spiro atoms. The van der Waals surface area contributed by atoms with E-state index in [1.54, 1.807) is 0 Å². The Hall–Kier alpha value is -3.34. The van der Waals surface area contributed by atoms with Crippen molar-refractivity contribution in [2.75, 3.05) is 16.0 Å². The molecule has 0 aromatic heterocycles. The quantitative estimate of drug-likeness (QED) is 0.687. The Bertz CT molecular complexity index is 948. The molecule has 1 aliphatic heterocycles. The molecule has 5 heteroatoms. The topological polar surface area (TPSA) is 70.2 Å². The van der Waals surface area contributed by atoms with Crippen LogP contribution in [0.2, 0.25) is 0 Å². The van der Waals surface area contributed by atoms with Crippen LogP contribution in [-0.2, 0) is 9.59 Å². The zero-order chi connectivity index (χ0) is 17.2. The van der Waals surface area contributed by atoms with E-state index in [4.69, 9.17) is 0 Å². The Morgan fingerprint density at radius 2 is 1.64 bits per heavy atom. The van der Waals surface area contributed by atoms with Crippen LogP contribution >= 0.6 is 0 Å². The second-order valence-electron chi connectivity index (χ2n) is 6.01. The summed E-state index contributed by atoms with van der Waals surface area (Å²) in [6, 6.07) is 20.2. The first-order chi connectivity index (χ1) is 12.2. The van der Waals surface area contributed by atoms with Crippen molar-refractivity contribution in [2.24, 2.45) is 0 Å². The molecule has 124 valence electrons. The van der Waals surface area contributed by atoms with Gasteiger partial charge in [0, 0.05) is 16.8 Å². The highest BCUT2D eigenvalue weighted by molar-refractivity contribution is 6.13. The molecule has 0 fully saturated rings. The van der Waals surface area contributed by atoms with Gasteiger partial charge in [-0.15, -0.1) is 0 Å². The highest BCUT2D eigenvalue weighted by Crippen LogP contribution is 2.33. The van der Waals surface area contributed by atoms with Crippen molar-refractivity contribution < 1.29 is 9.59 Å². The van der Waals surface area contributed by atoms with Gasteiger partial charge < -0.3 is 16.0 Å². The van der Waals surface area contributed by atoms with Gasteiger partial charge >= 0.3 is 0 Å². The Kier molecular flexibility index (Phi) is 3.82. The van der Waals surface area contributed by atoms with E-state index >= 15 is 0 Å². The third kappa shape index (κ3) is 3.04. The third-order valence-corrected chi connectivity index (χ3v) is 4.26. The van der Waals surface area contributed by atoms with E-state index in [-0.39, 0.29) is 18.2 Å². The molecule has 1 aliphatic rings. The molecular formula is C20H17N3O2. The smallest absolute Gasteiger partial charge is 0.247 e. The summed E-state index contributed by atoms with van der Waals surface area (Å²) in [6.45, 7) is 0. The maximum absolute atomic E-state index is 12.6. The molecule has 25 heavy (non-hydrogen) atoms. The normalized spacial score (nSPS) is 15.8. The Morgan fingerprint density at radius 1 is 0.920 bits per heavy atom. The highest BCUT2D eigenvalue weighted by atomic mass is 16.2. The number of amides is 2. The SMILES string of the molecule is O=C(C[C@@H]1Nc2cccc3cccc(c23)NC1=O)Nc1ccccc1. The van der Waals surface area contributed by atoms with Crippen LogP contribution in [0.1, 0.15) is 6.42 Å². The van der Waals surface area contributed by atoms with Crippen LogP contribution in [0.15, 0.2) is 66.7 Å². The molecule has 4 rings (SSSR count). The van der Waals surface area contributed by atoms with Gasteiger partial charge in [-0.1, -0.05) is 42.5 Å². The molecule has 0 saturated carbocycles. The summed E-state index contributed by atoms with van der Waals surface area (Å²) in [5.41, 5.74) is 2.33. The Morgan fingerprint density at radius 3 is 2.40 bits per heavy atom. The van der Waals surface area contributed by atoms with Crippen LogP contribution in [0.25, 0.3) is 10.8 Å². The minimum absolute atomic E-state index is 0.0467. The lowest BCUT2D eigenvalue weighted by Gasteiger charge is -2.16. The van der Waals surface area contributed by atoms with Crippen molar-refractivity contribution in [3.8, 4) is 0 Å². The molecule has 0 saturated heterocycles. The largest absolute Gasteiger partial charge is 0.373 e. The molecule has 1 atom stereocenters. The molecule has 0 radical (unpaired) electrons. The number of hydrogen-bond donors (Lipinski definition) is 3. The van der Waals surface area contributed by atoms with Crippen LogP contribution in [0.5, 0.6) is 0 Å². The average molecular weight is 331 g/mol. The zero-order valence-corrected chi connectivity index (χ0v) is 13.5. The van der Waals surface area contributed by atoms with E-state index < -0.39 is 6.04 Å². The molecule has 3 aromatic rings. The number of hydrogen-bond acceptors (Lipinski definition) is 3. The molecule has 5 nitrogen and oxygen atoms in total. The van der Waals surface area contributed by atoms with Gasteiger partial charge in [0.1, 0.15) is 6.04 Å². The lowest BCUT2D eigenvalue weighted by atomic mass is 10.1. The van der Waals surface area contributed by atoms with E-state index in [0.717, 1.165) is 22.1 Å². The van der Waals surface area contributed by atoms with Crippen molar-refractivity contribution in [3.05, 3.63) is 66.7 Å². The van der Waals surface area contributed by atoms with E-state index in [9.17, 15) is 9.59 Å². The number of benzene rings is 3. The zero-order valence-electron chi connectivity index (χ0n) is 13.5. The summed E-state index contributed by atoms with van der Waals surface area (Å²) in [5, 5.41) is 11.0. The van der Waals surface area contributed by atoms with Gasteiger partial charge in [-0.25, -0.2) is 0 Å². The van der Waals surface area contributed by atoms with Gasteiger partial charge in [0.05, 0.1) is 12.1 Å². The molecule has 1 heterocycles. The van der Waals surface area contributed by atoms with E-state index in [1.165, 1.54) is 0 Å². The first kappa shape index (κ1) is 15.2. The molecule has 3 N–H and O–H groups in total. The predicted octanol–water partition coefficient (Wildman–Crippen LogP) is 3.60. The Balaban J connectivity index is 1.58. The second-order valence-corrected chi connectivity index (χ2v) is 6.01. The summed E-state index contributed by atoms with van der Waals surface area (Å²) in [6.07, 6.45) is 0.0467. The van der Waals surface area contributed by atoms with Crippen molar-refractivity contribution in [1.29, 1.82) is 0 Å². The number of rotatable bonds is 3. The fraction of sp³-hybridized carbons (Fsp3) is 0.100. The van der Waals surface area contributed by atoms with E-state index in [2.05, 4.69) is 16.0 Å². The minimum Gasteiger partial charge on any atom is -0.373 e. The fourth-order valence-electron chi connectivity index (χ4n) is 3.10. The van der Waals surface area contributed by atoms with Crippen molar-refractivity contribution in [3.63, 3.8) is 0 Å². The standard InChI is InChI=1S/C20H17N3O2/c24-18(21-14-8-2-1-3-9-14)12-17-20(25)23-16-11-5-7-13-6-4-10-15(22-17)19(13)16/h1-11,17,22H,12H2,(H,21,24)(H,23,25)/t17-/m0/s1. The van der Waals surface area contributed by atoms with E-state index in [1.807, 2.05) is 66.7 Å². The number of nitrogens with one attached hydrogen (secondary N) is 3. The summed E-state index contributed by atoms with van der Waals surface area (Å²) in [7, 11) is 0. The maximum atomic E-state index is 12.6. The first-order valence-electron chi connectivity index (χ1n) is 8.15. The average Bonchev–Trinajstić information content (AvgIpc) is 2.74. The summed E-state index contributed by atoms with van der Waals surface area (Å²) in [4.78, 5) is 24.9. The van der Waals surface area contributed by atoms with Gasteiger partial charge in [-0.3, -0.25) is 9.59 Å². The van der Waals surface area contributed by atoms with Gasteiger partial charge in [0.25, 0.3) is 0 Å². The van der Waals surface area contributed by atoms with Crippen molar-refractivity contribution in [1.82, 2.24) is 0 Å². The lowest BCUT2D eigenvalue weighted by molar-refractivity contribution is -0.121. The summed E-state index contributed by atoms with van der Waals surface area (Å²) in [5.74, 6) is -0.427. The van der Waals surface area contributed by atoms with Crippen LogP contribution in [0.4, 0.5) is 17.1 Å². The lowest BCUT2D eigenvalue weighted by Crippen LogP contribution is -2.36. The number of carbonyl (C=O) groups is 2. The molecule has 0 aliphatic carbocycles. The summed E-state index contributed by atoms with van der Waals surface area (Å²) < 4.78 is 0. The maximum Gasteiger partial charge on any atom is 0.247 e. The van der Waals surface area contributed by atoms with Crippen molar-refractivity contribution >= 4 is 39.6 Å². The third-order valence-electron chi connectivity index (χ3n) is 4.26. The van der Waals surface area contributed by atoms with Gasteiger partial charge in [-0.2, -0.15) is 0 Å².